The summed E-state index contributed by atoms with van der Waals surface area (Å²) in [4.78, 5) is 13.5. The van der Waals surface area contributed by atoms with Gasteiger partial charge in [0.25, 0.3) is 0 Å². The number of nitrogens with two attached hydrogens (primary N) is 1. The molecule has 9 nitrogen and oxygen atoms in total. The minimum Gasteiger partial charge on any atom is -0.394 e. The van der Waals surface area contributed by atoms with E-state index in [-0.39, 0.29) is 12.4 Å². The molecule has 1 aromatic carbocycles. The average Bonchev–Trinajstić information content (AvgIpc) is 3.21. The number of benzene rings is 1. The van der Waals surface area contributed by atoms with E-state index in [2.05, 4.69) is 15.0 Å². The number of methoxy groups -OCH3 is 1. The van der Waals surface area contributed by atoms with Crippen LogP contribution in [0.4, 0.5) is 5.82 Å². The zero-order chi connectivity index (χ0) is 20.7. The Balaban J connectivity index is 1.85. The molecule has 1 aliphatic heterocycles. The molecule has 0 radical (unpaired) electrons. The van der Waals surface area contributed by atoms with E-state index in [1.165, 1.54) is 25.2 Å². The molecule has 0 amide bonds. The first-order valence-corrected chi connectivity index (χ1v) is 10.1. The predicted octanol–water partition coefficient (Wildman–Crippen LogP) is 2.13. The minimum absolute atomic E-state index is 0.198. The molecule has 4 atom stereocenters. The number of fused-ring (bicyclic) bond motifs is 1. The number of aromatic nitrogens is 4. The van der Waals surface area contributed by atoms with E-state index in [4.69, 9.17) is 38.4 Å². The van der Waals surface area contributed by atoms with E-state index < -0.39 is 24.5 Å². The quantitative estimate of drug-likeness (QED) is 0.527. The summed E-state index contributed by atoms with van der Waals surface area (Å²) >= 11 is 13.6. The van der Waals surface area contributed by atoms with Crippen LogP contribution >= 0.6 is 35.0 Å². The summed E-state index contributed by atoms with van der Waals surface area (Å²) in [5, 5.41) is 21.4. The lowest BCUT2D eigenvalue weighted by atomic mass is 10.1. The first-order valence-electron chi connectivity index (χ1n) is 8.53. The molecule has 0 bridgehead atoms. The van der Waals surface area contributed by atoms with Crippen LogP contribution in [-0.4, -0.2) is 61.8 Å². The summed E-state index contributed by atoms with van der Waals surface area (Å²) in [5.74, 6) is 0.198. The predicted molar refractivity (Wildman–Crippen MR) is 108 cm³/mol. The molecule has 0 unspecified atom stereocenters. The third-order valence-electron chi connectivity index (χ3n) is 4.59. The zero-order valence-electron chi connectivity index (χ0n) is 15.1. The fourth-order valence-corrected chi connectivity index (χ4v) is 4.63. The van der Waals surface area contributed by atoms with Crippen LogP contribution in [-0.2, 0) is 9.47 Å². The van der Waals surface area contributed by atoms with Crippen molar-refractivity contribution in [3.8, 4) is 0 Å². The lowest BCUT2D eigenvalue weighted by Crippen LogP contribution is -2.34. The normalized spacial score (nSPS) is 24.4. The summed E-state index contributed by atoms with van der Waals surface area (Å²) in [6.07, 6.45) is -2.11. The Morgan fingerprint density at radius 2 is 2.14 bits per heavy atom. The Bertz CT molecular complexity index is 1050. The highest BCUT2D eigenvalue weighted by Gasteiger charge is 2.46. The molecule has 2 aromatic heterocycles. The van der Waals surface area contributed by atoms with Crippen LogP contribution in [0.1, 0.15) is 6.23 Å². The number of nitrogen functional groups attached to an aromatic ring is 1. The smallest absolute Gasteiger partial charge is 0.177 e. The minimum atomic E-state index is -1.04. The van der Waals surface area contributed by atoms with Gasteiger partial charge in [-0.05, 0) is 30.0 Å². The maximum absolute atomic E-state index is 10.5. The van der Waals surface area contributed by atoms with Crippen LogP contribution in [0.3, 0.4) is 0 Å². The third kappa shape index (κ3) is 3.66. The highest BCUT2D eigenvalue weighted by atomic mass is 35.5. The van der Waals surface area contributed by atoms with E-state index in [0.29, 0.717) is 31.3 Å². The van der Waals surface area contributed by atoms with E-state index in [9.17, 15) is 10.2 Å². The standard InChI is InChI=1S/C17H17Cl2N5O4S/c1-27-13-12(26)9(5-25)28-16(13)24-15-11(14(20)21-6-22-15)23-17(24)29-10-3-2-7(18)4-8(10)19/h2-4,6,9,12-13,16,25-26H,5H2,1H3,(H2,20,21,22)/t9-,12-,13-,16-/m1/s1. The van der Waals surface area contributed by atoms with Crippen LogP contribution in [0, 0.1) is 0 Å². The number of hydrogen-bond acceptors (Lipinski definition) is 9. The van der Waals surface area contributed by atoms with Crippen LogP contribution in [0.15, 0.2) is 34.6 Å². The van der Waals surface area contributed by atoms with Crippen molar-refractivity contribution < 1.29 is 19.7 Å². The van der Waals surface area contributed by atoms with Crippen molar-refractivity contribution in [1.82, 2.24) is 19.5 Å². The van der Waals surface area contributed by atoms with Gasteiger partial charge in [-0.3, -0.25) is 4.57 Å². The fourth-order valence-electron chi connectivity index (χ4n) is 3.20. The van der Waals surface area contributed by atoms with Gasteiger partial charge in [-0.25, -0.2) is 15.0 Å². The molecular formula is C17H17Cl2N5O4S. The number of rotatable bonds is 5. The van der Waals surface area contributed by atoms with Crippen molar-refractivity contribution >= 4 is 51.9 Å². The largest absolute Gasteiger partial charge is 0.394 e. The van der Waals surface area contributed by atoms with Gasteiger partial charge in [0.05, 0.1) is 11.6 Å². The van der Waals surface area contributed by atoms with Crippen LogP contribution in [0.25, 0.3) is 11.2 Å². The van der Waals surface area contributed by atoms with Crippen LogP contribution < -0.4 is 5.73 Å². The number of ether oxygens (including phenoxy) is 2. The van der Waals surface area contributed by atoms with Gasteiger partial charge in [0.1, 0.15) is 24.6 Å². The Kier molecular flexibility index (Phi) is 5.85. The number of aliphatic hydroxyl groups excluding tert-OH is 2. The lowest BCUT2D eigenvalue weighted by molar-refractivity contribution is -0.0623. The van der Waals surface area contributed by atoms with Crippen LogP contribution in [0.5, 0.6) is 0 Å². The SMILES string of the molecule is CO[C@@H]1[C@H](O)[C@@H](CO)O[C@H]1n1c(Sc2ccc(Cl)cc2Cl)nc2c(N)ncnc21. The fraction of sp³-hybridized carbons (Fsp3) is 0.353. The van der Waals surface area contributed by atoms with E-state index in [1.807, 2.05) is 0 Å². The topological polar surface area (TPSA) is 129 Å². The number of aliphatic hydroxyl groups is 2. The zero-order valence-corrected chi connectivity index (χ0v) is 17.4. The average molecular weight is 458 g/mol. The van der Waals surface area contributed by atoms with Crippen molar-refractivity contribution in [1.29, 1.82) is 0 Å². The van der Waals surface area contributed by atoms with Gasteiger partial charge in [-0.1, -0.05) is 23.2 Å². The molecule has 4 rings (SSSR count). The van der Waals surface area contributed by atoms with Crippen molar-refractivity contribution in [2.45, 2.75) is 34.6 Å². The highest BCUT2D eigenvalue weighted by molar-refractivity contribution is 7.99. The van der Waals surface area contributed by atoms with Gasteiger partial charge in [0.15, 0.2) is 28.4 Å². The molecule has 1 fully saturated rings. The second kappa shape index (κ2) is 8.23. The number of halogens is 2. The second-order valence-electron chi connectivity index (χ2n) is 6.31. The van der Waals surface area contributed by atoms with Gasteiger partial charge in [-0.2, -0.15) is 0 Å². The second-order valence-corrected chi connectivity index (χ2v) is 8.16. The molecule has 0 saturated carbocycles. The maximum Gasteiger partial charge on any atom is 0.177 e. The summed E-state index contributed by atoms with van der Waals surface area (Å²) in [6.45, 7) is -0.368. The monoisotopic (exact) mass is 457 g/mol. The third-order valence-corrected chi connectivity index (χ3v) is 6.29. The van der Waals surface area contributed by atoms with E-state index in [1.54, 1.807) is 22.8 Å². The number of hydrogen-bond donors (Lipinski definition) is 3. The van der Waals surface area contributed by atoms with E-state index in [0.717, 1.165) is 0 Å². The molecule has 29 heavy (non-hydrogen) atoms. The number of imidazole rings is 1. The molecule has 0 spiro atoms. The molecular weight excluding hydrogens is 441 g/mol. The summed E-state index contributed by atoms with van der Waals surface area (Å²) in [5.41, 5.74) is 6.77. The first kappa shape index (κ1) is 20.6. The number of nitrogens with zero attached hydrogens (tertiary/aromatic N) is 4. The summed E-state index contributed by atoms with van der Waals surface area (Å²) in [7, 11) is 1.45. The Morgan fingerprint density at radius 1 is 1.34 bits per heavy atom. The van der Waals surface area contributed by atoms with Gasteiger partial charge < -0.3 is 25.4 Å². The molecule has 0 aliphatic carbocycles. The van der Waals surface area contributed by atoms with Crippen molar-refractivity contribution in [3.63, 3.8) is 0 Å². The summed E-state index contributed by atoms with van der Waals surface area (Å²) < 4.78 is 13.0. The number of anilines is 1. The van der Waals surface area contributed by atoms with Gasteiger partial charge in [0, 0.05) is 17.0 Å². The molecule has 3 aromatic rings. The molecule has 4 N–H and O–H groups in total. The van der Waals surface area contributed by atoms with Crippen molar-refractivity contribution in [2.24, 2.45) is 0 Å². The van der Waals surface area contributed by atoms with Crippen molar-refractivity contribution in [2.75, 3.05) is 19.5 Å². The van der Waals surface area contributed by atoms with E-state index >= 15 is 0 Å². The molecule has 12 heteroatoms. The first-order chi connectivity index (χ1) is 13.9. The molecule has 1 saturated heterocycles. The summed E-state index contributed by atoms with van der Waals surface area (Å²) in [6, 6.07) is 5.11. The molecule has 154 valence electrons. The van der Waals surface area contributed by atoms with Gasteiger partial charge in [-0.15, -0.1) is 0 Å². The van der Waals surface area contributed by atoms with Gasteiger partial charge in [0.2, 0.25) is 0 Å². The Hall–Kier alpha value is -1.66. The Morgan fingerprint density at radius 3 is 2.83 bits per heavy atom. The molecule has 3 heterocycles. The van der Waals surface area contributed by atoms with Gasteiger partial charge >= 0.3 is 0 Å². The highest BCUT2D eigenvalue weighted by Crippen LogP contribution is 2.41. The molecule has 1 aliphatic rings. The lowest BCUT2D eigenvalue weighted by Gasteiger charge is -2.21. The Labute approximate surface area is 179 Å². The van der Waals surface area contributed by atoms with Crippen LogP contribution in [0.2, 0.25) is 10.0 Å². The van der Waals surface area contributed by atoms with Crippen molar-refractivity contribution in [3.05, 3.63) is 34.6 Å². The maximum atomic E-state index is 10.5.